The summed E-state index contributed by atoms with van der Waals surface area (Å²) in [6.07, 6.45) is -2.04. The highest BCUT2D eigenvalue weighted by atomic mass is 19.3. The summed E-state index contributed by atoms with van der Waals surface area (Å²) in [5.41, 5.74) is 0.843. The van der Waals surface area contributed by atoms with Crippen molar-refractivity contribution in [2.45, 2.75) is 26.2 Å². The van der Waals surface area contributed by atoms with Crippen molar-refractivity contribution in [2.75, 3.05) is 0 Å². The molecule has 0 bridgehead atoms. The van der Waals surface area contributed by atoms with Crippen molar-refractivity contribution in [3.8, 4) is 0 Å². The molecular weight excluding hydrogens is 217 g/mol. The average molecular weight is 230 g/mol. The van der Waals surface area contributed by atoms with Crippen LogP contribution in [-0.4, -0.2) is 12.2 Å². The minimum absolute atomic E-state index is 0.333. The lowest BCUT2D eigenvalue weighted by Crippen LogP contribution is -2.19. The zero-order valence-corrected chi connectivity index (χ0v) is 8.92. The average Bonchev–Trinajstić information content (AvgIpc) is 2.26. The van der Waals surface area contributed by atoms with Crippen LogP contribution < -0.4 is 0 Å². The second-order valence-electron chi connectivity index (χ2n) is 3.77. The Bertz CT molecular complexity index is 346. The number of rotatable bonds is 5. The molecule has 1 aromatic carbocycles. The number of carbonyl (C=O) groups excluding carboxylic acids is 1. The maximum atomic E-state index is 12.6. The molecule has 1 atom stereocenters. The number of hydrogen-bond acceptors (Lipinski definition) is 1. The number of Topliss-reactive ketones (excluding diaryl/α,β-unsaturated/α-hetero) is 1. The molecule has 0 spiro atoms. The first kappa shape index (κ1) is 12.7. The summed E-state index contributed by atoms with van der Waals surface area (Å²) in [5, 5.41) is 0. The van der Waals surface area contributed by atoms with Crippen LogP contribution in [0, 0.1) is 11.7 Å². The molecule has 1 aromatic rings. The Morgan fingerprint density at radius 3 is 2.31 bits per heavy atom. The molecule has 88 valence electrons. The lowest BCUT2D eigenvalue weighted by molar-refractivity contribution is -0.133. The lowest BCUT2D eigenvalue weighted by Gasteiger charge is -2.09. The molecule has 0 saturated carbocycles. The standard InChI is InChI=1S/C12H13F3O/c1-8(11(16)12(14)15)2-3-9-4-6-10(13)7-5-9/h4-8,12H,2-3H2,1H3. The van der Waals surface area contributed by atoms with Gasteiger partial charge in [-0.2, -0.15) is 0 Å². The summed E-state index contributed by atoms with van der Waals surface area (Å²) in [6, 6.07) is 5.81. The second kappa shape index (κ2) is 5.68. The van der Waals surface area contributed by atoms with E-state index in [-0.39, 0.29) is 5.82 Å². The van der Waals surface area contributed by atoms with Gasteiger partial charge in [-0.25, -0.2) is 13.2 Å². The van der Waals surface area contributed by atoms with E-state index in [4.69, 9.17) is 0 Å². The van der Waals surface area contributed by atoms with Crippen LogP contribution in [0.4, 0.5) is 13.2 Å². The minimum Gasteiger partial charge on any atom is -0.293 e. The number of ketones is 1. The van der Waals surface area contributed by atoms with Crippen molar-refractivity contribution in [3.05, 3.63) is 35.6 Å². The van der Waals surface area contributed by atoms with Crippen LogP contribution in [0.5, 0.6) is 0 Å². The molecule has 0 saturated heterocycles. The van der Waals surface area contributed by atoms with Gasteiger partial charge in [0, 0.05) is 5.92 Å². The van der Waals surface area contributed by atoms with Crippen molar-refractivity contribution in [1.82, 2.24) is 0 Å². The van der Waals surface area contributed by atoms with Gasteiger partial charge in [0.05, 0.1) is 0 Å². The van der Waals surface area contributed by atoms with Gasteiger partial charge in [0.2, 0.25) is 5.78 Å². The van der Waals surface area contributed by atoms with Crippen molar-refractivity contribution in [1.29, 1.82) is 0 Å². The number of hydrogen-bond donors (Lipinski definition) is 0. The fourth-order valence-electron chi connectivity index (χ4n) is 1.39. The molecule has 0 heterocycles. The monoisotopic (exact) mass is 230 g/mol. The Morgan fingerprint density at radius 1 is 1.25 bits per heavy atom. The summed E-state index contributed by atoms with van der Waals surface area (Å²) in [7, 11) is 0. The van der Waals surface area contributed by atoms with E-state index in [0.29, 0.717) is 12.8 Å². The minimum atomic E-state index is -2.90. The van der Waals surface area contributed by atoms with Gasteiger partial charge >= 0.3 is 0 Å². The Morgan fingerprint density at radius 2 is 1.81 bits per heavy atom. The number of benzene rings is 1. The van der Waals surface area contributed by atoms with Gasteiger partial charge in [0.25, 0.3) is 6.43 Å². The Kier molecular flexibility index (Phi) is 4.52. The summed E-state index contributed by atoms with van der Waals surface area (Å²) in [4.78, 5) is 10.9. The molecule has 0 radical (unpaired) electrons. The third kappa shape index (κ3) is 3.68. The van der Waals surface area contributed by atoms with Crippen LogP contribution in [0.3, 0.4) is 0 Å². The fraction of sp³-hybridized carbons (Fsp3) is 0.417. The molecule has 0 aliphatic carbocycles. The van der Waals surface area contributed by atoms with Gasteiger partial charge in [0.1, 0.15) is 5.82 Å². The molecule has 0 fully saturated rings. The molecule has 0 N–H and O–H groups in total. The van der Waals surface area contributed by atoms with Gasteiger partial charge in [-0.3, -0.25) is 4.79 Å². The van der Waals surface area contributed by atoms with Crippen LogP contribution in [-0.2, 0) is 11.2 Å². The van der Waals surface area contributed by atoms with Gasteiger partial charge in [-0.05, 0) is 30.5 Å². The maximum absolute atomic E-state index is 12.6. The molecule has 0 aromatic heterocycles. The summed E-state index contributed by atoms with van der Waals surface area (Å²) in [5.74, 6) is -2.02. The normalized spacial score (nSPS) is 12.8. The third-order valence-corrected chi connectivity index (χ3v) is 2.48. The predicted molar refractivity (Wildman–Crippen MR) is 54.9 cm³/mol. The Labute approximate surface area is 92.3 Å². The number of halogens is 3. The van der Waals surface area contributed by atoms with Crippen molar-refractivity contribution in [2.24, 2.45) is 5.92 Å². The summed E-state index contributed by atoms with van der Waals surface area (Å²) in [6.45, 7) is 1.48. The summed E-state index contributed by atoms with van der Waals surface area (Å²) >= 11 is 0. The molecule has 1 rings (SSSR count). The second-order valence-corrected chi connectivity index (χ2v) is 3.77. The van der Waals surface area contributed by atoms with Gasteiger partial charge in [-0.1, -0.05) is 19.1 Å². The molecule has 4 heteroatoms. The van der Waals surface area contributed by atoms with Crippen molar-refractivity contribution < 1.29 is 18.0 Å². The van der Waals surface area contributed by atoms with Crippen LogP contribution >= 0.6 is 0 Å². The highest BCUT2D eigenvalue weighted by Crippen LogP contribution is 2.14. The number of carbonyl (C=O) groups is 1. The van der Waals surface area contributed by atoms with E-state index in [9.17, 15) is 18.0 Å². The Hall–Kier alpha value is -1.32. The van der Waals surface area contributed by atoms with E-state index < -0.39 is 18.1 Å². The first-order valence-electron chi connectivity index (χ1n) is 5.07. The molecule has 0 aliphatic rings. The molecule has 1 unspecified atom stereocenters. The van der Waals surface area contributed by atoms with E-state index >= 15 is 0 Å². The SMILES string of the molecule is CC(CCc1ccc(F)cc1)C(=O)C(F)F. The number of aryl methyl sites for hydroxylation is 1. The molecule has 0 aliphatic heterocycles. The predicted octanol–water partition coefficient (Wildman–Crippen LogP) is 3.23. The molecular formula is C12H13F3O. The first-order valence-corrected chi connectivity index (χ1v) is 5.07. The Balaban J connectivity index is 2.45. The van der Waals surface area contributed by atoms with E-state index in [1.54, 1.807) is 12.1 Å². The van der Waals surface area contributed by atoms with Gasteiger partial charge in [-0.15, -0.1) is 0 Å². The fourth-order valence-corrected chi connectivity index (χ4v) is 1.39. The van der Waals surface area contributed by atoms with Crippen LogP contribution in [0.25, 0.3) is 0 Å². The molecule has 1 nitrogen and oxygen atoms in total. The topological polar surface area (TPSA) is 17.1 Å². The molecule has 0 amide bonds. The highest BCUT2D eigenvalue weighted by molar-refractivity contribution is 5.83. The van der Waals surface area contributed by atoms with Crippen molar-refractivity contribution >= 4 is 5.78 Å². The molecule has 16 heavy (non-hydrogen) atoms. The maximum Gasteiger partial charge on any atom is 0.296 e. The summed E-state index contributed by atoms with van der Waals surface area (Å²) < 4.78 is 36.7. The van der Waals surface area contributed by atoms with Gasteiger partial charge in [0.15, 0.2) is 0 Å². The van der Waals surface area contributed by atoms with Crippen LogP contribution in [0.1, 0.15) is 18.9 Å². The van der Waals surface area contributed by atoms with E-state index in [2.05, 4.69) is 0 Å². The smallest absolute Gasteiger partial charge is 0.293 e. The van der Waals surface area contributed by atoms with E-state index in [1.807, 2.05) is 0 Å². The first-order chi connectivity index (χ1) is 7.50. The lowest BCUT2D eigenvalue weighted by atomic mass is 9.97. The van der Waals surface area contributed by atoms with Crippen LogP contribution in [0.2, 0.25) is 0 Å². The largest absolute Gasteiger partial charge is 0.296 e. The highest BCUT2D eigenvalue weighted by Gasteiger charge is 2.22. The zero-order valence-electron chi connectivity index (χ0n) is 8.92. The van der Waals surface area contributed by atoms with E-state index in [0.717, 1.165) is 5.56 Å². The third-order valence-electron chi connectivity index (χ3n) is 2.48. The van der Waals surface area contributed by atoms with Crippen molar-refractivity contribution in [3.63, 3.8) is 0 Å². The van der Waals surface area contributed by atoms with Crippen LogP contribution in [0.15, 0.2) is 24.3 Å². The number of alkyl halides is 2. The van der Waals surface area contributed by atoms with Gasteiger partial charge < -0.3 is 0 Å². The quantitative estimate of drug-likeness (QED) is 0.759. The zero-order chi connectivity index (χ0) is 12.1. The van der Waals surface area contributed by atoms with E-state index in [1.165, 1.54) is 19.1 Å².